The van der Waals surface area contributed by atoms with E-state index in [4.69, 9.17) is 14.2 Å². The number of hydrogen-bond donors (Lipinski definition) is 1. The number of carbonyl (C=O) groups is 3. The molecule has 1 aliphatic heterocycles. The molecule has 1 N–H and O–H groups in total. The van der Waals surface area contributed by atoms with E-state index < -0.39 is 6.16 Å². The Kier molecular flexibility index (Phi) is 9.94. The third kappa shape index (κ3) is 8.81. The molecule has 2 amide bonds. The van der Waals surface area contributed by atoms with Gasteiger partial charge in [-0.2, -0.15) is 0 Å². The van der Waals surface area contributed by atoms with Gasteiger partial charge in [-0.1, -0.05) is 32.9 Å². The van der Waals surface area contributed by atoms with Gasteiger partial charge in [0.25, 0.3) is 5.91 Å². The van der Waals surface area contributed by atoms with Gasteiger partial charge in [0.15, 0.2) is 0 Å². The number of nitrogens with one attached hydrogen (secondary N) is 1. The number of ether oxygens (including phenoxy) is 3. The minimum Gasteiger partial charge on any atom is -0.494 e. The summed E-state index contributed by atoms with van der Waals surface area (Å²) >= 11 is 0. The predicted octanol–water partition coefficient (Wildman–Crippen LogP) is 5.10. The highest BCUT2D eigenvalue weighted by molar-refractivity contribution is 5.94. The van der Waals surface area contributed by atoms with Crippen molar-refractivity contribution in [3.63, 3.8) is 0 Å². The monoisotopic (exact) mass is 510 g/mol. The molecule has 0 aliphatic carbocycles. The smallest absolute Gasteiger partial charge is 0.494 e. The summed E-state index contributed by atoms with van der Waals surface area (Å²) < 4.78 is 15.5. The minimum absolute atomic E-state index is 0.00801. The molecular weight excluding hydrogens is 472 g/mol. The molecule has 1 heterocycles. The molecule has 1 aliphatic rings. The normalized spacial score (nSPS) is 14.1. The number of piperidine rings is 1. The molecule has 2 aromatic carbocycles. The number of amides is 2. The molecule has 1 fully saturated rings. The summed E-state index contributed by atoms with van der Waals surface area (Å²) in [5, 5.41) is 3.08. The van der Waals surface area contributed by atoms with Crippen molar-refractivity contribution in [2.24, 2.45) is 0 Å². The lowest BCUT2D eigenvalue weighted by molar-refractivity contribution is -0.122. The van der Waals surface area contributed by atoms with Crippen molar-refractivity contribution < 1.29 is 28.6 Å². The molecule has 8 nitrogen and oxygen atoms in total. The molecular formula is C29H38N2O6. The summed E-state index contributed by atoms with van der Waals surface area (Å²) in [6, 6.07) is 14.6. The Morgan fingerprint density at radius 3 is 2.16 bits per heavy atom. The van der Waals surface area contributed by atoms with Crippen molar-refractivity contribution in [2.75, 3.05) is 26.3 Å². The van der Waals surface area contributed by atoms with Crippen LogP contribution in [-0.2, 0) is 14.9 Å². The first-order valence-electron chi connectivity index (χ1n) is 12.9. The van der Waals surface area contributed by atoms with E-state index in [0.29, 0.717) is 56.7 Å². The molecule has 1 saturated heterocycles. The van der Waals surface area contributed by atoms with Crippen LogP contribution in [0.3, 0.4) is 0 Å². The van der Waals surface area contributed by atoms with Crippen LogP contribution in [0.1, 0.15) is 69.3 Å². The highest BCUT2D eigenvalue weighted by atomic mass is 16.7. The average Bonchev–Trinajstić information content (AvgIpc) is 2.87. The maximum Gasteiger partial charge on any atom is 0.513 e. The lowest BCUT2D eigenvalue weighted by atomic mass is 9.87. The second-order valence-electron chi connectivity index (χ2n) is 10.2. The summed E-state index contributed by atoms with van der Waals surface area (Å²) in [5.41, 5.74) is 1.88. The lowest BCUT2D eigenvalue weighted by Crippen LogP contribution is -2.46. The van der Waals surface area contributed by atoms with Gasteiger partial charge in [-0.15, -0.1) is 0 Å². The van der Waals surface area contributed by atoms with E-state index in [9.17, 15) is 14.4 Å². The van der Waals surface area contributed by atoms with E-state index in [2.05, 4.69) is 38.2 Å². The van der Waals surface area contributed by atoms with Crippen LogP contribution in [0.4, 0.5) is 4.79 Å². The third-order valence-electron chi connectivity index (χ3n) is 6.25. The highest BCUT2D eigenvalue weighted by Gasteiger charge is 2.24. The molecule has 0 saturated carbocycles. The minimum atomic E-state index is -0.774. The first-order chi connectivity index (χ1) is 17.7. The molecule has 0 atom stereocenters. The number of hydrogen-bond acceptors (Lipinski definition) is 6. The van der Waals surface area contributed by atoms with Crippen molar-refractivity contribution in [3.05, 3.63) is 59.7 Å². The molecule has 37 heavy (non-hydrogen) atoms. The number of nitrogens with zero attached hydrogens (tertiary/aromatic N) is 1. The van der Waals surface area contributed by atoms with Crippen LogP contribution >= 0.6 is 0 Å². The van der Waals surface area contributed by atoms with Crippen molar-refractivity contribution in [1.29, 1.82) is 0 Å². The SMILES string of the molecule is CCOC(=O)Oc1ccc(C(=O)N2CCC(NC(=O)CCCOc3ccc(C(C)(C)C)cc3)CC2)cc1. The van der Waals surface area contributed by atoms with Crippen LogP contribution in [0.15, 0.2) is 48.5 Å². The maximum absolute atomic E-state index is 12.8. The molecule has 3 rings (SSSR count). The van der Waals surface area contributed by atoms with E-state index in [1.54, 1.807) is 36.1 Å². The van der Waals surface area contributed by atoms with E-state index in [-0.39, 0.29) is 29.9 Å². The third-order valence-corrected chi connectivity index (χ3v) is 6.25. The number of carbonyl (C=O) groups excluding carboxylic acids is 3. The van der Waals surface area contributed by atoms with Crippen LogP contribution < -0.4 is 14.8 Å². The Hall–Kier alpha value is -3.55. The largest absolute Gasteiger partial charge is 0.513 e. The average molecular weight is 511 g/mol. The first kappa shape index (κ1) is 28.0. The molecule has 0 radical (unpaired) electrons. The van der Waals surface area contributed by atoms with E-state index in [1.165, 1.54) is 5.56 Å². The topological polar surface area (TPSA) is 94.2 Å². The highest BCUT2D eigenvalue weighted by Crippen LogP contribution is 2.24. The van der Waals surface area contributed by atoms with Gasteiger partial charge < -0.3 is 24.4 Å². The Morgan fingerprint density at radius 1 is 0.946 bits per heavy atom. The molecule has 0 spiro atoms. The molecule has 0 unspecified atom stereocenters. The number of likely N-dealkylation sites (tertiary alicyclic amines) is 1. The summed E-state index contributed by atoms with van der Waals surface area (Å²) in [5.74, 6) is 1.06. The second-order valence-corrected chi connectivity index (χ2v) is 10.2. The van der Waals surface area contributed by atoms with Gasteiger partial charge in [0.1, 0.15) is 11.5 Å². The number of rotatable bonds is 9. The molecule has 0 bridgehead atoms. The summed E-state index contributed by atoms with van der Waals surface area (Å²) in [7, 11) is 0. The van der Waals surface area contributed by atoms with Crippen molar-refractivity contribution in [1.82, 2.24) is 10.2 Å². The Bertz CT molecular complexity index is 1040. The second kappa shape index (κ2) is 13.1. The van der Waals surface area contributed by atoms with Gasteiger partial charge in [-0.05, 0) is 73.6 Å². The van der Waals surface area contributed by atoms with Gasteiger partial charge in [-0.25, -0.2) is 4.79 Å². The quantitative estimate of drug-likeness (QED) is 0.287. The van der Waals surface area contributed by atoms with Crippen molar-refractivity contribution >= 4 is 18.0 Å². The fourth-order valence-corrected chi connectivity index (χ4v) is 4.09. The van der Waals surface area contributed by atoms with Crippen LogP contribution in [0.25, 0.3) is 0 Å². The first-order valence-corrected chi connectivity index (χ1v) is 12.9. The lowest BCUT2D eigenvalue weighted by Gasteiger charge is -2.32. The number of benzene rings is 2. The van der Waals surface area contributed by atoms with Crippen molar-refractivity contribution in [3.8, 4) is 11.5 Å². The van der Waals surface area contributed by atoms with Gasteiger partial charge in [-0.3, -0.25) is 9.59 Å². The van der Waals surface area contributed by atoms with Gasteiger partial charge in [0.05, 0.1) is 13.2 Å². The fraction of sp³-hybridized carbons (Fsp3) is 0.483. The summed E-state index contributed by atoms with van der Waals surface area (Å²) in [6.07, 6.45) is 1.68. The Morgan fingerprint density at radius 2 is 1.57 bits per heavy atom. The summed E-state index contributed by atoms with van der Waals surface area (Å²) in [6.45, 7) is 10.1. The fourth-order valence-electron chi connectivity index (χ4n) is 4.09. The van der Waals surface area contributed by atoms with Crippen LogP contribution in [0.2, 0.25) is 0 Å². The van der Waals surface area contributed by atoms with Gasteiger partial charge in [0, 0.05) is 31.1 Å². The molecule has 200 valence electrons. The van der Waals surface area contributed by atoms with Crippen LogP contribution in [0, 0.1) is 0 Å². The van der Waals surface area contributed by atoms with Crippen molar-refractivity contribution in [2.45, 2.75) is 64.8 Å². The molecule has 2 aromatic rings. The van der Waals surface area contributed by atoms with Crippen LogP contribution in [0.5, 0.6) is 11.5 Å². The van der Waals surface area contributed by atoms with Gasteiger partial charge in [0.2, 0.25) is 5.91 Å². The van der Waals surface area contributed by atoms with Gasteiger partial charge >= 0.3 is 6.16 Å². The predicted molar refractivity (Wildman–Crippen MR) is 141 cm³/mol. The van der Waals surface area contributed by atoms with E-state index in [0.717, 1.165) is 5.75 Å². The summed E-state index contributed by atoms with van der Waals surface area (Å²) in [4.78, 5) is 38.4. The zero-order valence-electron chi connectivity index (χ0n) is 22.2. The standard InChI is InChI=1S/C29H38N2O6/c1-5-35-28(34)37-25-12-8-21(9-13-25)27(33)31-18-16-23(17-19-31)30-26(32)7-6-20-36-24-14-10-22(11-15-24)29(2,3)4/h8-15,23H,5-7,16-20H2,1-4H3,(H,30,32). The molecule has 0 aromatic heterocycles. The zero-order valence-corrected chi connectivity index (χ0v) is 22.2. The maximum atomic E-state index is 12.8. The Labute approximate surface area is 219 Å². The van der Waals surface area contributed by atoms with Crippen LogP contribution in [-0.4, -0.2) is 55.2 Å². The van der Waals surface area contributed by atoms with E-state index >= 15 is 0 Å². The molecule has 8 heteroatoms. The zero-order chi connectivity index (χ0) is 26.8. The Balaban J connectivity index is 1.34. The van der Waals surface area contributed by atoms with E-state index in [1.807, 2.05) is 12.1 Å².